The molecule has 1 heterocycles. The maximum Gasteiger partial charge on any atom is 0.264 e. The molecule has 1 aliphatic heterocycles. The molecule has 0 aliphatic carbocycles. The highest BCUT2D eigenvalue weighted by molar-refractivity contribution is 6.37. The van der Waals surface area contributed by atoms with Gasteiger partial charge in [-0.3, -0.25) is 9.59 Å². The minimum atomic E-state index is -0.573. The number of nitrogens with zero attached hydrogens (tertiary/aromatic N) is 2. The highest BCUT2D eigenvalue weighted by Gasteiger charge is 2.27. The van der Waals surface area contributed by atoms with Gasteiger partial charge < -0.3 is 15.4 Å². The molecule has 0 saturated carbocycles. The number of hydrogen-bond acceptors (Lipinski definition) is 5. The predicted octanol–water partition coefficient (Wildman–Crippen LogP) is 3.18. The number of benzene rings is 2. The molecule has 1 aliphatic rings. The molecule has 0 bridgehead atoms. The van der Waals surface area contributed by atoms with Gasteiger partial charge in [0.2, 0.25) is 0 Å². The van der Waals surface area contributed by atoms with Crippen LogP contribution in [0.2, 0.25) is 10.0 Å². The Morgan fingerprint density at radius 3 is 2.57 bits per heavy atom. The lowest BCUT2D eigenvalue weighted by molar-refractivity contribution is -0.117. The molecule has 152 valence electrons. The number of ether oxygens (including phenoxy) is 1. The first kappa shape index (κ1) is 21.5. The van der Waals surface area contributed by atoms with Crippen molar-refractivity contribution in [1.82, 2.24) is 10.6 Å². The lowest BCUT2D eigenvalue weighted by Gasteiger charge is -2.07. The zero-order valence-electron chi connectivity index (χ0n) is 15.8. The summed E-state index contributed by atoms with van der Waals surface area (Å²) < 4.78 is 4.90. The number of halogens is 2. The summed E-state index contributed by atoms with van der Waals surface area (Å²) in [4.78, 5) is 29.5. The van der Waals surface area contributed by atoms with E-state index in [9.17, 15) is 14.9 Å². The Kier molecular flexibility index (Phi) is 6.85. The van der Waals surface area contributed by atoms with E-state index in [1.165, 1.54) is 19.2 Å². The molecule has 9 heteroatoms. The predicted molar refractivity (Wildman–Crippen MR) is 114 cm³/mol. The zero-order valence-corrected chi connectivity index (χ0v) is 17.3. The summed E-state index contributed by atoms with van der Waals surface area (Å²) in [5, 5.41) is 15.5. The van der Waals surface area contributed by atoms with E-state index in [1.807, 2.05) is 6.07 Å². The number of fused-ring (bicyclic) bond motifs is 1. The van der Waals surface area contributed by atoms with Crippen LogP contribution in [0, 0.1) is 11.3 Å². The Bertz CT molecular complexity index is 1120. The minimum Gasteiger partial charge on any atom is -0.383 e. The van der Waals surface area contributed by atoms with Gasteiger partial charge in [0, 0.05) is 29.8 Å². The van der Waals surface area contributed by atoms with Crippen molar-refractivity contribution in [3.63, 3.8) is 0 Å². The highest BCUT2D eigenvalue weighted by atomic mass is 35.5. The van der Waals surface area contributed by atoms with Crippen molar-refractivity contribution in [2.75, 3.05) is 20.3 Å². The monoisotopic (exact) mass is 442 g/mol. The Hall–Kier alpha value is -3.18. The summed E-state index contributed by atoms with van der Waals surface area (Å²) >= 11 is 12.0. The fourth-order valence-corrected chi connectivity index (χ4v) is 3.32. The maximum absolute atomic E-state index is 12.7. The van der Waals surface area contributed by atoms with E-state index in [2.05, 4.69) is 15.6 Å². The van der Waals surface area contributed by atoms with Crippen LogP contribution < -0.4 is 10.6 Å². The van der Waals surface area contributed by atoms with Crippen LogP contribution in [-0.2, 0) is 9.53 Å². The van der Waals surface area contributed by atoms with Crippen LogP contribution in [-0.4, -0.2) is 37.9 Å². The molecule has 0 atom stereocenters. The molecule has 2 amide bonds. The molecular weight excluding hydrogens is 427 g/mol. The number of nitrogens with one attached hydrogen (secondary N) is 2. The topological polar surface area (TPSA) is 104 Å². The number of methoxy groups -OCH3 is 1. The first-order valence-electron chi connectivity index (χ1n) is 8.82. The third kappa shape index (κ3) is 4.52. The minimum absolute atomic E-state index is 0.160. The van der Waals surface area contributed by atoms with Gasteiger partial charge in [-0.05, 0) is 18.2 Å². The normalized spacial score (nSPS) is 13.7. The van der Waals surface area contributed by atoms with Crippen LogP contribution in [0.3, 0.4) is 0 Å². The molecule has 2 aromatic rings. The molecule has 7 nitrogen and oxygen atoms in total. The van der Waals surface area contributed by atoms with Gasteiger partial charge in [-0.1, -0.05) is 47.5 Å². The highest BCUT2D eigenvalue weighted by Crippen LogP contribution is 2.31. The SMILES string of the molecule is COCCNC(=O)/C(C#N)=C1\N=C(NC(=O)c2ccc(Cl)cc2Cl)c2ccccc21. The molecule has 0 spiro atoms. The van der Waals surface area contributed by atoms with Crippen LogP contribution >= 0.6 is 23.2 Å². The summed E-state index contributed by atoms with van der Waals surface area (Å²) in [6.45, 7) is 0.556. The van der Waals surface area contributed by atoms with Gasteiger partial charge in [0.15, 0.2) is 0 Å². The number of carbonyl (C=O) groups excluding carboxylic acids is 2. The fourth-order valence-electron chi connectivity index (χ4n) is 2.83. The summed E-state index contributed by atoms with van der Waals surface area (Å²) in [5.41, 5.74) is 1.39. The molecule has 3 rings (SSSR count). The van der Waals surface area contributed by atoms with Crippen LogP contribution in [0.25, 0.3) is 5.70 Å². The van der Waals surface area contributed by atoms with Crippen molar-refractivity contribution in [2.45, 2.75) is 0 Å². The molecular formula is C21H16Cl2N4O3. The van der Waals surface area contributed by atoms with Crippen LogP contribution in [0.15, 0.2) is 53.0 Å². The smallest absolute Gasteiger partial charge is 0.264 e. The molecule has 0 saturated heterocycles. The summed E-state index contributed by atoms with van der Waals surface area (Å²) in [7, 11) is 1.51. The molecule has 0 radical (unpaired) electrons. The van der Waals surface area contributed by atoms with Gasteiger partial charge >= 0.3 is 0 Å². The van der Waals surface area contributed by atoms with E-state index in [-0.39, 0.29) is 34.2 Å². The molecule has 0 fully saturated rings. The number of carbonyl (C=O) groups is 2. The molecule has 30 heavy (non-hydrogen) atoms. The standard InChI is InChI=1S/C21H16Cl2N4O3/c1-30-9-8-25-20(28)16(11-24)18-13-4-2-3-5-14(13)19(26-18)27-21(29)15-7-6-12(22)10-17(15)23/h2-7,10H,8-9H2,1H3,(H,25,28)(H,26,27,29)/b18-16-. The van der Waals surface area contributed by atoms with Crippen molar-refractivity contribution in [3.8, 4) is 6.07 Å². The van der Waals surface area contributed by atoms with Crippen molar-refractivity contribution < 1.29 is 14.3 Å². The number of hydrogen-bond donors (Lipinski definition) is 2. The zero-order chi connectivity index (χ0) is 21.7. The number of rotatable bonds is 5. The second-order valence-electron chi connectivity index (χ2n) is 6.17. The van der Waals surface area contributed by atoms with E-state index < -0.39 is 11.8 Å². The van der Waals surface area contributed by atoms with E-state index >= 15 is 0 Å². The van der Waals surface area contributed by atoms with E-state index in [1.54, 1.807) is 30.3 Å². The molecule has 0 unspecified atom stereocenters. The van der Waals surface area contributed by atoms with Gasteiger partial charge in [0.1, 0.15) is 17.5 Å². The van der Waals surface area contributed by atoms with Crippen molar-refractivity contribution in [1.29, 1.82) is 5.26 Å². The lowest BCUT2D eigenvalue weighted by Crippen LogP contribution is -2.30. The van der Waals surface area contributed by atoms with E-state index in [4.69, 9.17) is 27.9 Å². The quantitative estimate of drug-likeness (QED) is 0.421. The first-order chi connectivity index (χ1) is 14.5. The number of amidine groups is 1. The average molecular weight is 443 g/mol. The van der Waals surface area contributed by atoms with Crippen molar-refractivity contribution in [3.05, 3.63) is 74.8 Å². The van der Waals surface area contributed by atoms with Crippen LogP contribution in [0.4, 0.5) is 0 Å². The summed E-state index contributed by atoms with van der Waals surface area (Å²) in [6, 6.07) is 13.4. The van der Waals surface area contributed by atoms with E-state index in [0.29, 0.717) is 22.8 Å². The Morgan fingerprint density at radius 2 is 1.90 bits per heavy atom. The second-order valence-corrected chi connectivity index (χ2v) is 7.01. The van der Waals surface area contributed by atoms with Gasteiger partial charge in [-0.25, -0.2) is 4.99 Å². The Labute approximate surface area is 183 Å². The van der Waals surface area contributed by atoms with Crippen LogP contribution in [0.5, 0.6) is 0 Å². The van der Waals surface area contributed by atoms with E-state index in [0.717, 1.165) is 0 Å². The third-order valence-corrected chi connectivity index (χ3v) is 4.78. The van der Waals surface area contributed by atoms with Crippen molar-refractivity contribution in [2.24, 2.45) is 4.99 Å². The second kappa shape index (κ2) is 9.55. The largest absolute Gasteiger partial charge is 0.383 e. The lowest BCUT2D eigenvalue weighted by atomic mass is 10.0. The summed E-state index contributed by atoms with van der Waals surface area (Å²) in [5.74, 6) is -0.847. The Morgan fingerprint density at radius 1 is 1.17 bits per heavy atom. The van der Waals surface area contributed by atoms with Gasteiger partial charge in [0.25, 0.3) is 11.8 Å². The van der Waals surface area contributed by atoms with Crippen molar-refractivity contribution >= 4 is 46.5 Å². The number of nitriles is 1. The Balaban J connectivity index is 1.96. The van der Waals surface area contributed by atoms with Crippen LogP contribution in [0.1, 0.15) is 21.5 Å². The first-order valence-corrected chi connectivity index (χ1v) is 9.58. The number of amides is 2. The average Bonchev–Trinajstić information content (AvgIpc) is 3.07. The summed E-state index contributed by atoms with van der Waals surface area (Å²) in [6.07, 6.45) is 0. The van der Waals surface area contributed by atoms with Gasteiger partial charge in [-0.15, -0.1) is 0 Å². The number of aliphatic imine (C=N–C) groups is 1. The molecule has 2 N–H and O–H groups in total. The van der Waals surface area contributed by atoms with Gasteiger partial charge in [0.05, 0.1) is 22.9 Å². The van der Waals surface area contributed by atoms with Gasteiger partial charge in [-0.2, -0.15) is 5.26 Å². The maximum atomic E-state index is 12.7. The molecule has 0 aromatic heterocycles. The molecule has 2 aromatic carbocycles. The third-order valence-electron chi connectivity index (χ3n) is 4.24. The fraction of sp³-hybridized carbons (Fsp3) is 0.143.